The van der Waals surface area contributed by atoms with Gasteiger partial charge in [0.25, 0.3) is 0 Å². The maximum absolute atomic E-state index is 13.6. The summed E-state index contributed by atoms with van der Waals surface area (Å²) in [4.78, 5) is 41.7. The third-order valence-electron chi connectivity index (χ3n) is 6.90. The van der Waals surface area contributed by atoms with E-state index in [1.165, 1.54) is 4.90 Å². The van der Waals surface area contributed by atoms with Crippen molar-refractivity contribution in [1.82, 2.24) is 10.2 Å². The van der Waals surface area contributed by atoms with Gasteiger partial charge in [0.15, 0.2) is 0 Å². The first-order valence-corrected chi connectivity index (χ1v) is 11.3. The number of nitrogens with zero attached hydrogens (tertiary/aromatic N) is 1. The fourth-order valence-electron chi connectivity index (χ4n) is 5.43. The molecule has 8 heteroatoms. The standard InChI is InChI=1S/C24H24ClN3O4/c1-2-3-10-28-21(30)19-18(11-13-4-7-15(29)8-5-13)27-24(20(19)22(28)31)16-12-14(25)6-9-17(16)26-23(24)32/h4-9,12,18-20,27,29H,2-3,10-11H2,1H3,(H,26,32)/t18-,19+,20-,24-/m0/s1. The molecule has 0 aromatic heterocycles. The molecule has 32 heavy (non-hydrogen) atoms. The van der Waals surface area contributed by atoms with E-state index in [9.17, 15) is 19.5 Å². The summed E-state index contributed by atoms with van der Waals surface area (Å²) in [5.41, 5.74) is 0.758. The molecular weight excluding hydrogens is 430 g/mol. The number of hydrogen-bond acceptors (Lipinski definition) is 5. The van der Waals surface area contributed by atoms with Crippen LogP contribution < -0.4 is 10.6 Å². The summed E-state index contributed by atoms with van der Waals surface area (Å²) in [6.45, 7) is 2.36. The molecule has 1 spiro atoms. The van der Waals surface area contributed by atoms with E-state index in [-0.39, 0.29) is 23.5 Å². The van der Waals surface area contributed by atoms with E-state index < -0.39 is 23.4 Å². The predicted molar refractivity (Wildman–Crippen MR) is 119 cm³/mol. The molecule has 2 saturated heterocycles. The quantitative estimate of drug-likeness (QED) is 0.605. The molecule has 3 aliphatic rings. The Morgan fingerprint density at radius 3 is 2.56 bits per heavy atom. The van der Waals surface area contributed by atoms with Crippen molar-refractivity contribution in [3.63, 3.8) is 0 Å². The lowest BCUT2D eigenvalue weighted by atomic mass is 9.76. The van der Waals surface area contributed by atoms with Crippen molar-refractivity contribution < 1.29 is 19.5 Å². The molecule has 3 heterocycles. The Labute approximate surface area is 190 Å². The van der Waals surface area contributed by atoms with Crippen molar-refractivity contribution in [3.05, 3.63) is 58.6 Å². The monoisotopic (exact) mass is 453 g/mol. The first-order valence-electron chi connectivity index (χ1n) is 10.9. The van der Waals surface area contributed by atoms with Crippen LogP contribution in [0.25, 0.3) is 0 Å². The zero-order valence-electron chi connectivity index (χ0n) is 17.6. The second-order valence-electron chi connectivity index (χ2n) is 8.76. The molecule has 2 aromatic carbocycles. The summed E-state index contributed by atoms with van der Waals surface area (Å²) >= 11 is 6.27. The molecular formula is C24H24ClN3O4. The third-order valence-corrected chi connectivity index (χ3v) is 7.13. The van der Waals surface area contributed by atoms with Crippen LogP contribution in [0.4, 0.5) is 5.69 Å². The fourth-order valence-corrected chi connectivity index (χ4v) is 5.60. The average Bonchev–Trinajstić information content (AvgIpc) is 3.34. The minimum absolute atomic E-state index is 0.152. The van der Waals surface area contributed by atoms with Crippen LogP contribution in [-0.2, 0) is 26.3 Å². The lowest BCUT2D eigenvalue weighted by Crippen LogP contribution is -2.53. The smallest absolute Gasteiger partial charge is 0.250 e. The van der Waals surface area contributed by atoms with Crippen LogP contribution in [-0.4, -0.2) is 40.3 Å². The number of likely N-dealkylation sites (tertiary alicyclic amines) is 1. The molecule has 7 nitrogen and oxygen atoms in total. The SMILES string of the molecule is CCCCN1C(=O)[C@@H]2[C@H](Cc3ccc(O)cc3)N[C@]3(C(=O)Nc4ccc(Cl)cc43)[C@@H]2C1=O. The van der Waals surface area contributed by atoms with Gasteiger partial charge in [0.05, 0.1) is 11.8 Å². The number of amides is 3. The summed E-state index contributed by atoms with van der Waals surface area (Å²) in [6, 6.07) is 11.4. The molecule has 2 aromatic rings. The minimum atomic E-state index is -1.35. The maximum atomic E-state index is 13.6. The number of hydrogen-bond donors (Lipinski definition) is 3. The van der Waals surface area contributed by atoms with Gasteiger partial charge in [0, 0.05) is 28.9 Å². The molecule has 3 aliphatic heterocycles. The molecule has 3 N–H and O–H groups in total. The van der Waals surface area contributed by atoms with Crippen molar-refractivity contribution in [2.75, 3.05) is 11.9 Å². The first-order chi connectivity index (χ1) is 15.4. The van der Waals surface area contributed by atoms with Gasteiger partial charge in [-0.1, -0.05) is 37.1 Å². The normalized spacial score (nSPS) is 28.4. The van der Waals surface area contributed by atoms with Crippen LogP contribution in [0, 0.1) is 11.8 Å². The summed E-state index contributed by atoms with van der Waals surface area (Å²) in [7, 11) is 0. The Morgan fingerprint density at radius 2 is 1.84 bits per heavy atom. The van der Waals surface area contributed by atoms with Gasteiger partial charge in [0.1, 0.15) is 11.3 Å². The minimum Gasteiger partial charge on any atom is -0.508 e. The van der Waals surface area contributed by atoms with Crippen LogP contribution in [0.5, 0.6) is 5.75 Å². The lowest BCUT2D eigenvalue weighted by Gasteiger charge is -2.29. The molecule has 0 saturated carbocycles. The van der Waals surface area contributed by atoms with E-state index >= 15 is 0 Å². The third kappa shape index (κ3) is 2.95. The van der Waals surface area contributed by atoms with Crippen molar-refractivity contribution in [1.29, 1.82) is 0 Å². The zero-order valence-corrected chi connectivity index (χ0v) is 18.4. The van der Waals surface area contributed by atoms with E-state index in [2.05, 4.69) is 10.6 Å². The number of carbonyl (C=O) groups excluding carboxylic acids is 3. The second-order valence-corrected chi connectivity index (χ2v) is 9.20. The number of nitrogens with one attached hydrogen (secondary N) is 2. The number of rotatable bonds is 5. The van der Waals surface area contributed by atoms with Crippen molar-refractivity contribution in [2.45, 2.75) is 37.8 Å². The van der Waals surface area contributed by atoms with Crippen LogP contribution in [0.3, 0.4) is 0 Å². The molecule has 0 unspecified atom stereocenters. The van der Waals surface area contributed by atoms with Crippen molar-refractivity contribution in [3.8, 4) is 5.75 Å². The van der Waals surface area contributed by atoms with Gasteiger partial charge in [-0.2, -0.15) is 0 Å². The number of benzene rings is 2. The highest BCUT2D eigenvalue weighted by Gasteiger charge is 2.70. The number of unbranched alkanes of at least 4 members (excludes halogenated alkanes) is 1. The number of phenols is 1. The molecule has 4 atom stereocenters. The van der Waals surface area contributed by atoms with Gasteiger partial charge in [0.2, 0.25) is 17.7 Å². The van der Waals surface area contributed by atoms with E-state index in [1.54, 1.807) is 42.5 Å². The topological polar surface area (TPSA) is 98.7 Å². The fraction of sp³-hybridized carbons (Fsp3) is 0.375. The highest BCUT2D eigenvalue weighted by atomic mass is 35.5. The number of anilines is 1. The van der Waals surface area contributed by atoms with Gasteiger partial charge in [-0.15, -0.1) is 0 Å². The number of carbonyl (C=O) groups is 3. The van der Waals surface area contributed by atoms with Crippen LogP contribution in [0.1, 0.15) is 30.9 Å². The van der Waals surface area contributed by atoms with E-state index in [1.807, 2.05) is 6.92 Å². The van der Waals surface area contributed by atoms with Gasteiger partial charge < -0.3 is 10.4 Å². The second kappa shape index (κ2) is 7.60. The van der Waals surface area contributed by atoms with Gasteiger partial charge in [-0.05, 0) is 48.7 Å². The Kier molecular flexibility index (Phi) is 4.98. The molecule has 0 bridgehead atoms. The number of fused-ring (bicyclic) bond motifs is 4. The summed E-state index contributed by atoms with van der Waals surface area (Å²) < 4.78 is 0. The van der Waals surface area contributed by atoms with E-state index in [0.717, 1.165) is 12.0 Å². The Hall–Kier alpha value is -2.90. The highest BCUT2D eigenvalue weighted by Crippen LogP contribution is 2.53. The van der Waals surface area contributed by atoms with Crippen LogP contribution in [0.2, 0.25) is 5.02 Å². The molecule has 5 rings (SSSR count). The number of phenolic OH excluding ortho intramolecular Hbond substituents is 1. The Balaban J connectivity index is 1.61. The number of imide groups is 1. The summed E-state index contributed by atoms with van der Waals surface area (Å²) in [5.74, 6) is -2.23. The largest absolute Gasteiger partial charge is 0.508 e. The molecule has 0 aliphatic carbocycles. The predicted octanol–water partition coefficient (Wildman–Crippen LogP) is 2.81. The lowest BCUT2D eigenvalue weighted by molar-refractivity contribution is -0.142. The van der Waals surface area contributed by atoms with Gasteiger partial charge >= 0.3 is 0 Å². The molecule has 2 fully saturated rings. The zero-order chi connectivity index (χ0) is 22.6. The Bertz CT molecular complexity index is 1120. The summed E-state index contributed by atoms with van der Waals surface area (Å²) in [5, 5.41) is 16.4. The molecule has 0 radical (unpaired) electrons. The van der Waals surface area contributed by atoms with E-state index in [0.29, 0.717) is 35.7 Å². The average molecular weight is 454 g/mol. The number of aromatic hydroxyl groups is 1. The summed E-state index contributed by atoms with van der Waals surface area (Å²) in [6.07, 6.45) is 2.01. The van der Waals surface area contributed by atoms with Crippen LogP contribution >= 0.6 is 11.6 Å². The van der Waals surface area contributed by atoms with E-state index in [4.69, 9.17) is 11.6 Å². The molecule has 3 amide bonds. The highest BCUT2D eigenvalue weighted by molar-refractivity contribution is 6.31. The van der Waals surface area contributed by atoms with Gasteiger partial charge in [-0.25, -0.2) is 0 Å². The van der Waals surface area contributed by atoms with Crippen molar-refractivity contribution in [2.24, 2.45) is 11.8 Å². The molecule has 166 valence electrons. The van der Waals surface area contributed by atoms with Crippen molar-refractivity contribution >= 4 is 35.0 Å². The van der Waals surface area contributed by atoms with Gasteiger partial charge in [-0.3, -0.25) is 24.6 Å². The first kappa shape index (κ1) is 21.0. The number of halogens is 1. The maximum Gasteiger partial charge on any atom is 0.250 e. The van der Waals surface area contributed by atoms with Crippen LogP contribution in [0.15, 0.2) is 42.5 Å². The Morgan fingerprint density at radius 1 is 1.09 bits per heavy atom.